The number of hydrogen-bond donors (Lipinski definition) is 0. The Hall–Kier alpha value is 0.0969. The zero-order valence-electron chi connectivity index (χ0n) is 8.20. The van der Waals surface area contributed by atoms with Gasteiger partial charge in [-0.3, -0.25) is 0 Å². The lowest BCUT2D eigenvalue weighted by Gasteiger charge is -2.24. The Morgan fingerprint density at radius 1 is 1.54 bits per heavy atom. The quantitative estimate of drug-likeness (QED) is 0.507. The third-order valence-corrected chi connectivity index (χ3v) is 4.77. The largest absolute Gasteiger partial charge is 0.397 e. The van der Waals surface area contributed by atoms with E-state index in [4.69, 9.17) is 13.6 Å². The molecule has 0 saturated carbocycles. The van der Waals surface area contributed by atoms with Crippen LogP contribution in [-0.4, -0.2) is 34.7 Å². The normalized spacial score (nSPS) is 35.8. The van der Waals surface area contributed by atoms with Gasteiger partial charge in [-0.25, -0.2) is 0 Å². The van der Waals surface area contributed by atoms with Crippen LogP contribution in [0.2, 0.25) is 6.04 Å². The molecule has 2 fully saturated rings. The van der Waals surface area contributed by atoms with Crippen molar-refractivity contribution < 1.29 is 13.6 Å². The summed E-state index contributed by atoms with van der Waals surface area (Å²) in [6, 6.07) is 1.19. The van der Waals surface area contributed by atoms with E-state index in [0.29, 0.717) is 12.2 Å². The summed E-state index contributed by atoms with van der Waals surface area (Å²) in [5.41, 5.74) is 0. The first-order valence-corrected chi connectivity index (χ1v) is 6.99. The maximum absolute atomic E-state index is 5.88. The molecule has 2 aliphatic heterocycles. The van der Waals surface area contributed by atoms with Crippen LogP contribution in [0.5, 0.6) is 0 Å². The van der Waals surface area contributed by atoms with E-state index >= 15 is 0 Å². The van der Waals surface area contributed by atoms with Crippen molar-refractivity contribution in [3.63, 3.8) is 0 Å². The summed E-state index contributed by atoms with van der Waals surface area (Å²) in [7, 11) is -1.27. The van der Waals surface area contributed by atoms with E-state index in [1.807, 2.05) is 0 Å². The Morgan fingerprint density at radius 3 is 3.00 bits per heavy atom. The lowest BCUT2D eigenvalue weighted by molar-refractivity contribution is 0.122. The minimum absolute atomic E-state index is 0.335. The van der Waals surface area contributed by atoms with Crippen LogP contribution in [0, 0.1) is 0 Å². The van der Waals surface area contributed by atoms with Crippen LogP contribution in [0.15, 0.2) is 0 Å². The van der Waals surface area contributed by atoms with Crippen molar-refractivity contribution in [1.82, 2.24) is 0 Å². The summed E-state index contributed by atoms with van der Waals surface area (Å²) >= 11 is 0. The molecule has 3 nitrogen and oxygen atoms in total. The smallest absolute Gasteiger partial charge is 0.321 e. The van der Waals surface area contributed by atoms with E-state index in [1.54, 1.807) is 0 Å². The topological polar surface area (TPSA) is 31.0 Å². The van der Waals surface area contributed by atoms with Crippen LogP contribution in [0.3, 0.4) is 0 Å². The van der Waals surface area contributed by atoms with Gasteiger partial charge in [0, 0.05) is 19.1 Å². The van der Waals surface area contributed by atoms with Crippen LogP contribution >= 0.6 is 0 Å². The Morgan fingerprint density at radius 2 is 2.38 bits per heavy atom. The lowest BCUT2D eigenvalue weighted by atomic mass is 10.2. The number of hydrogen-bond acceptors (Lipinski definition) is 3. The molecule has 0 N–H and O–H groups in total. The second kappa shape index (κ2) is 4.55. The van der Waals surface area contributed by atoms with Crippen LogP contribution < -0.4 is 0 Å². The van der Waals surface area contributed by atoms with E-state index in [1.165, 1.54) is 18.9 Å². The van der Waals surface area contributed by atoms with Crippen LogP contribution in [0.25, 0.3) is 0 Å². The molecule has 13 heavy (non-hydrogen) atoms. The Kier molecular flexibility index (Phi) is 3.37. The Balaban J connectivity index is 1.62. The molecule has 3 unspecified atom stereocenters. The average Bonchev–Trinajstić information content (AvgIpc) is 2.90. The fourth-order valence-electron chi connectivity index (χ4n) is 1.71. The summed E-state index contributed by atoms with van der Waals surface area (Å²) in [5.74, 6) is 0. The van der Waals surface area contributed by atoms with Gasteiger partial charge in [-0.15, -0.1) is 0 Å². The molecule has 2 aliphatic rings. The van der Waals surface area contributed by atoms with Crippen LogP contribution in [0.1, 0.15) is 26.2 Å². The van der Waals surface area contributed by atoms with E-state index in [0.717, 1.165) is 19.6 Å². The van der Waals surface area contributed by atoms with E-state index in [9.17, 15) is 0 Å². The Labute approximate surface area is 81.2 Å². The predicted octanol–water partition coefficient (Wildman–Crippen LogP) is 1.21. The zero-order chi connectivity index (χ0) is 9.10. The van der Waals surface area contributed by atoms with Gasteiger partial charge in [0.25, 0.3) is 0 Å². The summed E-state index contributed by atoms with van der Waals surface area (Å²) < 4.78 is 16.7. The van der Waals surface area contributed by atoms with Crippen molar-refractivity contribution in [1.29, 1.82) is 0 Å². The highest BCUT2D eigenvalue weighted by Crippen LogP contribution is 2.20. The second-order valence-corrected chi connectivity index (χ2v) is 5.98. The molecule has 0 aromatic carbocycles. The zero-order valence-corrected chi connectivity index (χ0v) is 9.35. The molecule has 0 aromatic heterocycles. The van der Waals surface area contributed by atoms with Gasteiger partial charge in [-0.2, -0.15) is 0 Å². The molecule has 0 spiro atoms. The second-order valence-electron chi connectivity index (χ2n) is 3.93. The summed E-state index contributed by atoms with van der Waals surface area (Å²) in [5, 5.41) is 0. The maximum Gasteiger partial charge on any atom is 0.321 e. The first kappa shape index (κ1) is 9.64. The molecule has 0 aliphatic carbocycles. The van der Waals surface area contributed by atoms with Crippen LogP contribution in [0.4, 0.5) is 0 Å². The standard InChI is InChI=1S/C9H18O3Si/c1-8(6-9-7-10-9)12-13-5-3-2-4-11-13/h8-9,13H,2-7H2,1H3. The summed E-state index contributed by atoms with van der Waals surface area (Å²) in [4.78, 5) is 0. The van der Waals surface area contributed by atoms with Gasteiger partial charge in [-0.05, 0) is 25.8 Å². The van der Waals surface area contributed by atoms with Gasteiger partial charge in [0.05, 0.1) is 12.7 Å². The fraction of sp³-hybridized carbons (Fsp3) is 1.00. The number of epoxide rings is 1. The van der Waals surface area contributed by atoms with Gasteiger partial charge in [0.2, 0.25) is 0 Å². The molecule has 0 aromatic rings. The Bertz CT molecular complexity index is 155. The monoisotopic (exact) mass is 202 g/mol. The van der Waals surface area contributed by atoms with Crippen molar-refractivity contribution in [2.24, 2.45) is 0 Å². The predicted molar refractivity (Wildman–Crippen MR) is 52.0 cm³/mol. The highest BCUT2D eigenvalue weighted by molar-refractivity contribution is 6.44. The van der Waals surface area contributed by atoms with Gasteiger partial charge in [-0.1, -0.05) is 0 Å². The molecule has 0 amide bonds. The first-order chi connectivity index (χ1) is 6.34. The third-order valence-electron chi connectivity index (χ3n) is 2.52. The molecule has 2 rings (SSSR count). The molecule has 4 heteroatoms. The van der Waals surface area contributed by atoms with Gasteiger partial charge >= 0.3 is 9.28 Å². The number of ether oxygens (including phenoxy) is 1. The molecule has 2 heterocycles. The molecule has 0 bridgehead atoms. The van der Waals surface area contributed by atoms with Crippen molar-refractivity contribution in [2.75, 3.05) is 13.2 Å². The van der Waals surface area contributed by atoms with Crippen molar-refractivity contribution >= 4 is 9.28 Å². The molecular formula is C9H18O3Si. The summed E-state index contributed by atoms with van der Waals surface area (Å²) in [6.07, 6.45) is 4.37. The molecular weight excluding hydrogens is 184 g/mol. The van der Waals surface area contributed by atoms with Crippen molar-refractivity contribution in [3.05, 3.63) is 0 Å². The molecule has 76 valence electrons. The first-order valence-electron chi connectivity index (χ1n) is 5.23. The van der Waals surface area contributed by atoms with E-state index < -0.39 is 9.28 Å². The van der Waals surface area contributed by atoms with E-state index in [-0.39, 0.29) is 0 Å². The van der Waals surface area contributed by atoms with Gasteiger partial charge in [0.1, 0.15) is 0 Å². The van der Waals surface area contributed by atoms with Crippen LogP contribution in [-0.2, 0) is 13.6 Å². The van der Waals surface area contributed by atoms with E-state index in [2.05, 4.69) is 6.92 Å². The number of rotatable bonds is 4. The third kappa shape index (κ3) is 3.38. The molecule has 0 radical (unpaired) electrons. The minimum atomic E-state index is -1.27. The van der Waals surface area contributed by atoms with Gasteiger partial charge in [0.15, 0.2) is 0 Å². The highest BCUT2D eigenvalue weighted by Gasteiger charge is 2.27. The minimum Gasteiger partial charge on any atom is -0.397 e. The highest BCUT2D eigenvalue weighted by atomic mass is 28.3. The van der Waals surface area contributed by atoms with Crippen molar-refractivity contribution in [2.45, 2.75) is 44.4 Å². The SMILES string of the molecule is CC(CC1CO1)O[SiH]1CCCCO1. The summed E-state index contributed by atoms with van der Waals surface area (Å²) in [6.45, 7) is 3.98. The maximum atomic E-state index is 5.88. The average molecular weight is 202 g/mol. The molecule has 3 atom stereocenters. The lowest BCUT2D eigenvalue weighted by Crippen LogP contribution is -2.31. The fourth-order valence-corrected chi connectivity index (χ4v) is 3.77. The molecule has 2 saturated heterocycles. The van der Waals surface area contributed by atoms with Crippen molar-refractivity contribution in [3.8, 4) is 0 Å². The van der Waals surface area contributed by atoms with Gasteiger partial charge < -0.3 is 13.6 Å².